The summed E-state index contributed by atoms with van der Waals surface area (Å²) in [5.41, 5.74) is 0. The molecule has 0 aromatic carbocycles. The molecular formula is C2HN3S. The number of nitrogens with one attached hydrogen (secondary N) is 1. The number of rotatable bonds is 0. The summed E-state index contributed by atoms with van der Waals surface area (Å²) in [6, 6.07) is 0. The van der Waals surface area contributed by atoms with E-state index in [0.717, 1.165) is 0 Å². The maximum Gasteiger partial charge on any atom is 0.159 e. The van der Waals surface area contributed by atoms with Crippen LogP contribution < -0.4 is 0 Å². The minimum atomic E-state index is -1.42. The lowest BCUT2D eigenvalue weighted by atomic mass is 11.8. The molecule has 0 radical (unpaired) electrons. The number of nitriles is 2. The summed E-state index contributed by atoms with van der Waals surface area (Å²) in [5.74, 6) is 0. The van der Waals surface area contributed by atoms with E-state index in [9.17, 15) is 0 Å². The molecule has 0 spiro atoms. The van der Waals surface area contributed by atoms with E-state index < -0.39 is 10.7 Å². The summed E-state index contributed by atoms with van der Waals surface area (Å²) in [5, 5.41) is 18.3. The number of nitrogens with zero attached hydrogens (tertiary/aromatic N) is 2. The van der Waals surface area contributed by atoms with Gasteiger partial charge < -0.3 is 0 Å². The van der Waals surface area contributed by atoms with Crippen LogP contribution >= 0.6 is 0 Å². The fraction of sp³-hybridized carbons (Fsp3) is 0. The molecule has 0 saturated heterocycles. The molecule has 0 aliphatic carbocycles. The highest BCUT2D eigenvalue weighted by Gasteiger charge is 1.76. The summed E-state index contributed by atoms with van der Waals surface area (Å²) < 4.78 is 6.38. The third-order valence-electron chi connectivity index (χ3n) is 0.183. The monoisotopic (exact) mass is 99.0 g/mol. The van der Waals surface area contributed by atoms with Gasteiger partial charge in [0.15, 0.2) is 10.8 Å². The van der Waals surface area contributed by atoms with E-state index in [-0.39, 0.29) is 0 Å². The molecule has 0 aliphatic rings. The van der Waals surface area contributed by atoms with Gasteiger partial charge >= 0.3 is 0 Å². The van der Waals surface area contributed by atoms with Crippen molar-refractivity contribution in [2.75, 3.05) is 0 Å². The number of thiocyanates is 2. The van der Waals surface area contributed by atoms with Crippen LogP contribution in [-0.2, 0) is 10.7 Å². The first kappa shape index (κ1) is 5.13. The largest absolute Gasteiger partial charge is 0.253 e. The molecule has 0 heterocycles. The molecule has 1 N–H and O–H groups in total. The maximum absolute atomic E-state index is 7.69. The molecule has 0 atom stereocenters. The van der Waals surface area contributed by atoms with Crippen molar-refractivity contribution < 1.29 is 0 Å². The van der Waals surface area contributed by atoms with Crippen molar-refractivity contribution in [1.29, 1.82) is 15.3 Å². The van der Waals surface area contributed by atoms with Gasteiger partial charge in [-0.2, -0.15) is 10.5 Å². The lowest BCUT2D eigenvalue weighted by Crippen LogP contribution is -1.66. The van der Waals surface area contributed by atoms with Crippen molar-refractivity contribution in [1.82, 2.24) is 0 Å². The molecule has 6 heavy (non-hydrogen) atoms. The zero-order chi connectivity index (χ0) is 4.99. The quantitative estimate of drug-likeness (QED) is 0.444. The Morgan fingerprint density at radius 2 is 1.67 bits per heavy atom. The van der Waals surface area contributed by atoms with Gasteiger partial charge in [-0.15, -0.1) is 0 Å². The first-order valence-corrected chi connectivity index (χ1v) is 2.28. The molecular weight excluding hydrogens is 98.1 g/mol. The van der Waals surface area contributed by atoms with E-state index in [0.29, 0.717) is 0 Å². The SMILES string of the molecule is N#CS(=N)C#N. The standard InChI is InChI=1S/C2HN3S/c3-1-6(5)2-4/h5H. The van der Waals surface area contributed by atoms with Gasteiger partial charge in [0.2, 0.25) is 0 Å². The molecule has 3 nitrogen and oxygen atoms in total. The molecule has 0 rings (SSSR count). The predicted octanol–water partition coefficient (Wildman–Crippen LogP) is 0.329. The van der Waals surface area contributed by atoms with Crippen molar-refractivity contribution in [2.24, 2.45) is 0 Å². The Morgan fingerprint density at radius 3 is 1.67 bits per heavy atom. The van der Waals surface area contributed by atoms with Crippen LogP contribution in [0.15, 0.2) is 0 Å². The topological polar surface area (TPSA) is 71.4 Å². The summed E-state index contributed by atoms with van der Waals surface area (Å²) in [4.78, 5) is 0. The molecule has 4 heteroatoms. The van der Waals surface area contributed by atoms with E-state index in [4.69, 9.17) is 15.3 Å². The highest BCUT2D eigenvalue weighted by Crippen LogP contribution is 1.67. The van der Waals surface area contributed by atoms with Gasteiger partial charge in [0, 0.05) is 0 Å². The van der Waals surface area contributed by atoms with Gasteiger partial charge in [-0.1, -0.05) is 0 Å². The Labute approximate surface area is 37.7 Å². The van der Waals surface area contributed by atoms with Crippen molar-refractivity contribution >= 4 is 10.7 Å². The van der Waals surface area contributed by atoms with Crippen LogP contribution in [0.4, 0.5) is 0 Å². The molecule has 0 fully saturated rings. The van der Waals surface area contributed by atoms with E-state index in [1.165, 1.54) is 10.8 Å². The summed E-state index contributed by atoms with van der Waals surface area (Å²) in [6.45, 7) is 0. The van der Waals surface area contributed by atoms with Crippen LogP contribution in [0.5, 0.6) is 0 Å². The molecule has 0 aromatic heterocycles. The normalized spacial score (nSPS) is 6.50. The molecule has 0 unspecified atom stereocenters. The second kappa shape index (κ2) is 2.37. The first-order valence-electron chi connectivity index (χ1n) is 1.06. The molecule has 30 valence electrons. The van der Waals surface area contributed by atoms with Crippen molar-refractivity contribution in [3.05, 3.63) is 0 Å². The Morgan fingerprint density at radius 1 is 1.33 bits per heavy atom. The van der Waals surface area contributed by atoms with Gasteiger partial charge in [-0.25, -0.2) is 0 Å². The van der Waals surface area contributed by atoms with Crippen LogP contribution in [0.3, 0.4) is 0 Å². The molecule has 0 aliphatic heterocycles. The average molecular weight is 99.1 g/mol. The minimum Gasteiger partial charge on any atom is -0.253 e. The lowest BCUT2D eigenvalue weighted by Gasteiger charge is -1.59. The smallest absolute Gasteiger partial charge is 0.159 e. The van der Waals surface area contributed by atoms with Gasteiger partial charge in [0.25, 0.3) is 0 Å². The third-order valence-corrected chi connectivity index (χ3v) is 0.548. The maximum atomic E-state index is 7.69. The third kappa shape index (κ3) is 1.45. The van der Waals surface area contributed by atoms with Crippen molar-refractivity contribution in [3.8, 4) is 10.8 Å². The summed E-state index contributed by atoms with van der Waals surface area (Å²) in [7, 11) is -1.42. The summed E-state index contributed by atoms with van der Waals surface area (Å²) in [6.07, 6.45) is 0. The predicted molar refractivity (Wildman–Crippen MR) is 21.3 cm³/mol. The Hall–Kier alpha value is -0.870. The van der Waals surface area contributed by atoms with Crippen LogP contribution in [0.1, 0.15) is 0 Å². The Bertz CT molecular complexity index is 120. The molecule has 0 amide bonds. The van der Waals surface area contributed by atoms with Gasteiger partial charge in [-0.05, 0) is 0 Å². The highest BCUT2D eigenvalue weighted by molar-refractivity contribution is 7.95. The van der Waals surface area contributed by atoms with E-state index >= 15 is 0 Å². The number of hydrogen-bond donors (Lipinski definition) is 1. The Balaban J connectivity index is 3.75. The lowest BCUT2D eigenvalue weighted by molar-refractivity contribution is 1.54. The van der Waals surface area contributed by atoms with Crippen molar-refractivity contribution in [3.63, 3.8) is 0 Å². The van der Waals surface area contributed by atoms with Gasteiger partial charge in [0.1, 0.15) is 10.7 Å². The minimum absolute atomic E-state index is 1.42. The fourth-order valence-electron chi connectivity index (χ4n) is 0.0204. The summed E-state index contributed by atoms with van der Waals surface area (Å²) >= 11 is 0. The molecule has 0 aromatic rings. The molecule has 0 bridgehead atoms. The average Bonchev–Trinajstić information content (AvgIpc) is 1.65. The fourth-order valence-corrected chi connectivity index (χ4v) is 0.0612. The van der Waals surface area contributed by atoms with Crippen LogP contribution in [0.25, 0.3) is 0 Å². The van der Waals surface area contributed by atoms with Crippen LogP contribution in [0, 0.1) is 26.1 Å². The highest BCUT2D eigenvalue weighted by atomic mass is 32.2. The molecule has 0 saturated carbocycles. The second-order valence-corrected chi connectivity index (χ2v) is 1.47. The first-order chi connectivity index (χ1) is 2.81. The van der Waals surface area contributed by atoms with E-state index in [1.54, 1.807) is 0 Å². The van der Waals surface area contributed by atoms with Gasteiger partial charge in [-0.3, -0.25) is 4.78 Å². The zero-order valence-electron chi connectivity index (χ0n) is 2.80. The van der Waals surface area contributed by atoms with E-state index in [2.05, 4.69) is 0 Å². The van der Waals surface area contributed by atoms with Crippen molar-refractivity contribution in [2.45, 2.75) is 0 Å². The van der Waals surface area contributed by atoms with Crippen LogP contribution in [0.2, 0.25) is 0 Å². The van der Waals surface area contributed by atoms with E-state index in [1.807, 2.05) is 0 Å². The Kier molecular flexibility index (Phi) is 2.03. The van der Waals surface area contributed by atoms with Crippen LogP contribution in [-0.4, -0.2) is 0 Å². The van der Waals surface area contributed by atoms with Gasteiger partial charge in [0.05, 0.1) is 0 Å². The second-order valence-electron chi connectivity index (χ2n) is 0.489. The number of hydrogen-bond acceptors (Lipinski definition) is 3. The zero-order valence-corrected chi connectivity index (χ0v) is 3.62.